The molecule has 0 saturated carbocycles. The van der Waals surface area contributed by atoms with Gasteiger partial charge in [-0.2, -0.15) is 0 Å². The summed E-state index contributed by atoms with van der Waals surface area (Å²) in [4.78, 5) is 4.47. The van der Waals surface area contributed by atoms with Crippen LogP contribution in [0, 0.1) is 0 Å². The Hall–Kier alpha value is -0.990. The van der Waals surface area contributed by atoms with Gasteiger partial charge < -0.3 is 9.57 Å². The molecule has 0 aromatic heterocycles. The molecule has 0 aliphatic heterocycles. The molecule has 58 valence electrons. The Kier molecular flexibility index (Phi) is 5.53. The first kappa shape index (κ1) is 9.01. The molecule has 0 aromatic carbocycles. The molecule has 3 nitrogen and oxygen atoms in total. The summed E-state index contributed by atoms with van der Waals surface area (Å²) < 4.78 is 4.98. The maximum Gasteiger partial charge on any atom is 0.106 e. The van der Waals surface area contributed by atoms with Crippen LogP contribution >= 0.6 is 0 Å². The lowest BCUT2D eigenvalue weighted by molar-refractivity contribution is 0.215. The standard InChI is InChI=1S/C7H13NO2/c1-4-10-6-7(2)5-8-9-3/h5-6H,4H2,1-3H3/b7-6-,8-5+. The first-order valence-corrected chi connectivity index (χ1v) is 3.16. The number of hydrogen-bond acceptors (Lipinski definition) is 3. The molecule has 3 heteroatoms. The second-order valence-corrected chi connectivity index (χ2v) is 1.73. The highest BCUT2D eigenvalue weighted by Gasteiger charge is 1.80. The monoisotopic (exact) mass is 143 g/mol. The first-order chi connectivity index (χ1) is 4.81. The van der Waals surface area contributed by atoms with Crippen molar-refractivity contribution in [2.75, 3.05) is 13.7 Å². The van der Waals surface area contributed by atoms with Gasteiger partial charge in [-0.1, -0.05) is 5.16 Å². The number of rotatable bonds is 4. The van der Waals surface area contributed by atoms with Crippen LogP contribution < -0.4 is 0 Å². The number of nitrogens with zero attached hydrogens (tertiary/aromatic N) is 1. The van der Waals surface area contributed by atoms with Crippen molar-refractivity contribution >= 4 is 6.21 Å². The van der Waals surface area contributed by atoms with E-state index in [0.29, 0.717) is 6.61 Å². The van der Waals surface area contributed by atoms with Gasteiger partial charge in [0.15, 0.2) is 0 Å². The fourth-order valence-electron chi connectivity index (χ4n) is 0.381. The lowest BCUT2D eigenvalue weighted by Gasteiger charge is -1.93. The van der Waals surface area contributed by atoms with Gasteiger partial charge >= 0.3 is 0 Å². The van der Waals surface area contributed by atoms with E-state index in [1.807, 2.05) is 13.8 Å². The van der Waals surface area contributed by atoms with Crippen molar-refractivity contribution in [2.24, 2.45) is 5.16 Å². The van der Waals surface area contributed by atoms with Crippen molar-refractivity contribution in [2.45, 2.75) is 13.8 Å². The normalized spacial score (nSPS) is 12.1. The first-order valence-electron chi connectivity index (χ1n) is 3.16. The van der Waals surface area contributed by atoms with Crippen molar-refractivity contribution < 1.29 is 9.57 Å². The van der Waals surface area contributed by atoms with Crippen molar-refractivity contribution in [3.05, 3.63) is 11.8 Å². The molecule has 0 atom stereocenters. The molecule has 0 radical (unpaired) electrons. The average molecular weight is 143 g/mol. The van der Waals surface area contributed by atoms with Gasteiger partial charge in [0.05, 0.1) is 19.1 Å². The van der Waals surface area contributed by atoms with E-state index in [-0.39, 0.29) is 0 Å². The molecule has 0 aliphatic rings. The summed E-state index contributed by atoms with van der Waals surface area (Å²) in [7, 11) is 1.50. The number of oxime groups is 1. The second-order valence-electron chi connectivity index (χ2n) is 1.73. The largest absolute Gasteiger partial charge is 0.501 e. The minimum Gasteiger partial charge on any atom is -0.501 e. The van der Waals surface area contributed by atoms with Gasteiger partial charge in [0.25, 0.3) is 0 Å². The fourth-order valence-corrected chi connectivity index (χ4v) is 0.381. The van der Waals surface area contributed by atoms with E-state index < -0.39 is 0 Å². The molecule has 0 aliphatic carbocycles. The second kappa shape index (κ2) is 6.13. The predicted octanol–water partition coefficient (Wildman–Crippen LogP) is 1.56. The quantitative estimate of drug-likeness (QED) is 0.339. The summed E-state index contributed by atoms with van der Waals surface area (Å²) in [6, 6.07) is 0. The highest BCUT2D eigenvalue weighted by molar-refractivity contribution is 5.76. The summed E-state index contributed by atoms with van der Waals surface area (Å²) in [6.45, 7) is 4.49. The Morgan fingerprint density at radius 1 is 1.60 bits per heavy atom. The summed E-state index contributed by atoms with van der Waals surface area (Å²) in [5.74, 6) is 0. The van der Waals surface area contributed by atoms with E-state index in [1.165, 1.54) is 7.11 Å². The topological polar surface area (TPSA) is 30.8 Å². The van der Waals surface area contributed by atoms with Gasteiger partial charge in [0.2, 0.25) is 0 Å². The molecule has 0 aromatic rings. The third-order valence-corrected chi connectivity index (χ3v) is 0.798. The van der Waals surface area contributed by atoms with Gasteiger partial charge in [0, 0.05) is 5.57 Å². The van der Waals surface area contributed by atoms with E-state index in [0.717, 1.165) is 5.57 Å². The van der Waals surface area contributed by atoms with Crippen LogP contribution in [0.5, 0.6) is 0 Å². The lowest BCUT2D eigenvalue weighted by Crippen LogP contribution is -1.83. The zero-order valence-corrected chi connectivity index (χ0v) is 6.63. The zero-order chi connectivity index (χ0) is 7.82. The zero-order valence-electron chi connectivity index (χ0n) is 6.63. The van der Waals surface area contributed by atoms with Gasteiger partial charge in [0.1, 0.15) is 7.11 Å². The Balaban J connectivity index is 3.59. The van der Waals surface area contributed by atoms with E-state index in [9.17, 15) is 0 Å². The molecule has 0 unspecified atom stereocenters. The predicted molar refractivity (Wildman–Crippen MR) is 40.9 cm³/mol. The number of ether oxygens (including phenoxy) is 1. The molecular weight excluding hydrogens is 130 g/mol. The maximum atomic E-state index is 4.98. The molecular formula is C7H13NO2. The van der Waals surface area contributed by atoms with Gasteiger partial charge in [-0.3, -0.25) is 0 Å². The summed E-state index contributed by atoms with van der Waals surface area (Å²) in [5, 5.41) is 3.55. The smallest absolute Gasteiger partial charge is 0.106 e. The van der Waals surface area contributed by atoms with E-state index in [4.69, 9.17) is 4.74 Å². The Bertz CT molecular complexity index is 130. The van der Waals surface area contributed by atoms with Crippen molar-refractivity contribution in [3.63, 3.8) is 0 Å². The SMILES string of the molecule is CCO/C=C(C)\C=N\OC. The van der Waals surface area contributed by atoms with Gasteiger partial charge in [-0.15, -0.1) is 0 Å². The molecule has 0 amide bonds. The van der Waals surface area contributed by atoms with E-state index in [2.05, 4.69) is 9.99 Å². The van der Waals surface area contributed by atoms with Gasteiger partial charge in [-0.05, 0) is 13.8 Å². The Labute approximate surface area is 61.3 Å². The average Bonchev–Trinajstić information content (AvgIpc) is 1.97. The van der Waals surface area contributed by atoms with Crippen LogP contribution in [0.2, 0.25) is 0 Å². The van der Waals surface area contributed by atoms with Crippen molar-refractivity contribution in [3.8, 4) is 0 Å². The van der Waals surface area contributed by atoms with E-state index >= 15 is 0 Å². The highest BCUT2D eigenvalue weighted by atomic mass is 16.6. The molecule has 10 heavy (non-hydrogen) atoms. The van der Waals surface area contributed by atoms with Crippen molar-refractivity contribution in [1.82, 2.24) is 0 Å². The van der Waals surface area contributed by atoms with Crippen LogP contribution in [0.15, 0.2) is 17.0 Å². The van der Waals surface area contributed by atoms with Crippen LogP contribution in [0.1, 0.15) is 13.8 Å². The fraction of sp³-hybridized carbons (Fsp3) is 0.571. The minimum atomic E-state index is 0.679. The maximum absolute atomic E-state index is 4.98. The van der Waals surface area contributed by atoms with Gasteiger partial charge in [-0.25, -0.2) is 0 Å². The highest BCUT2D eigenvalue weighted by Crippen LogP contribution is 1.88. The lowest BCUT2D eigenvalue weighted by atomic mass is 10.4. The summed E-state index contributed by atoms with van der Waals surface area (Å²) >= 11 is 0. The summed E-state index contributed by atoms with van der Waals surface area (Å²) in [6.07, 6.45) is 3.23. The molecule has 0 N–H and O–H groups in total. The molecule has 0 heterocycles. The number of hydrogen-bond donors (Lipinski definition) is 0. The van der Waals surface area contributed by atoms with Crippen LogP contribution in [0.3, 0.4) is 0 Å². The molecule has 0 bridgehead atoms. The van der Waals surface area contributed by atoms with Crippen LogP contribution in [0.25, 0.3) is 0 Å². The molecule has 0 fully saturated rings. The van der Waals surface area contributed by atoms with Crippen LogP contribution in [-0.2, 0) is 9.57 Å². The van der Waals surface area contributed by atoms with Crippen LogP contribution in [-0.4, -0.2) is 19.9 Å². The third kappa shape index (κ3) is 5.15. The Morgan fingerprint density at radius 3 is 2.80 bits per heavy atom. The van der Waals surface area contributed by atoms with Crippen molar-refractivity contribution in [1.29, 1.82) is 0 Å². The van der Waals surface area contributed by atoms with Crippen LogP contribution in [0.4, 0.5) is 0 Å². The third-order valence-electron chi connectivity index (χ3n) is 0.798. The molecule has 0 spiro atoms. The minimum absolute atomic E-state index is 0.679. The molecule has 0 rings (SSSR count). The number of allylic oxidation sites excluding steroid dienone is 1. The molecule has 0 saturated heterocycles. The summed E-state index contributed by atoms with van der Waals surface area (Å²) in [5.41, 5.74) is 0.934. The van der Waals surface area contributed by atoms with E-state index in [1.54, 1.807) is 12.5 Å². The Morgan fingerprint density at radius 2 is 2.30 bits per heavy atom.